The van der Waals surface area contributed by atoms with E-state index in [1.807, 2.05) is 6.07 Å². The first-order chi connectivity index (χ1) is 8.72. The van der Waals surface area contributed by atoms with Gasteiger partial charge in [-0.2, -0.15) is 0 Å². The molecular formula is C15H19NO2. The smallest absolute Gasteiger partial charge is 0.307 e. The molecule has 1 aliphatic carbocycles. The lowest BCUT2D eigenvalue weighted by molar-refractivity contribution is -0.136. The quantitative estimate of drug-likeness (QED) is 0.886. The van der Waals surface area contributed by atoms with E-state index in [2.05, 4.69) is 17.0 Å². The molecule has 1 aromatic rings. The van der Waals surface area contributed by atoms with Gasteiger partial charge in [0.15, 0.2) is 0 Å². The van der Waals surface area contributed by atoms with Crippen LogP contribution >= 0.6 is 0 Å². The van der Waals surface area contributed by atoms with Crippen molar-refractivity contribution in [2.45, 2.75) is 32.1 Å². The standard InChI is InChI=1S/C15H19NO2/c17-15(18)9-12-4-5-14-13(8-12)6-7-16(14)10-11-2-1-3-11/h4-5,8,11H,1-3,6-7,9-10H2,(H,17,18). The Labute approximate surface area is 107 Å². The average Bonchev–Trinajstić information content (AvgIpc) is 2.65. The van der Waals surface area contributed by atoms with E-state index in [0.29, 0.717) is 0 Å². The summed E-state index contributed by atoms with van der Waals surface area (Å²) in [5.41, 5.74) is 3.58. The summed E-state index contributed by atoms with van der Waals surface area (Å²) in [5.74, 6) is 0.133. The molecule has 1 saturated carbocycles. The number of rotatable bonds is 4. The molecule has 1 aliphatic heterocycles. The molecule has 3 rings (SSSR count). The lowest BCUT2D eigenvalue weighted by atomic mass is 9.85. The molecule has 18 heavy (non-hydrogen) atoms. The highest BCUT2D eigenvalue weighted by molar-refractivity contribution is 5.71. The van der Waals surface area contributed by atoms with Gasteiger partial charge in [0, 0.05) is 18.8 Å². The van der Waals surface area contributed by atoms with Crippen molar-refractivity contribution in [2.24, 2.45) is 5.92 Å². The molecule has 3 nitrogen and oxygen atoms in total. The van der Waals surface area contributed by atoms with Gasteiger partial charge in [-0.15, -0.1) is 0 Å². The van der Waals surface area contributed by atoms with E-state index in [1.54, 1.807) is 0 Å². The minimum absolute atomic E-state index is 0.135. The van der Waals surface area contributed by atoms with Gasteiger partial charge in [0.25, 0.3) is 0 Å². The zero-order valence-corrected chi connectivity index (χ0v) is 10.6. The summed E-state index contributed by atoms with van der Waals surface area (Å²) in [6.07, 6.45) is 5.35. The Balaban J connectivity index is 1.73. The van der Waals surface area contributed by atoms with E-state index in [-0.39, 0.29) is 6.42 Å². The second-order valence-corrected chi connectivity index (χ2v) is 5.53. The number of carboxylic acids is 1. The van der Waals surface area contributed by atoms with Gasteiger partial charge in [-0.3, -0.25) is 4.79 Å². The van der Waals surface area contributed by atoms with Crippen molar-refractivity contribution < 1.29 is 9.90 Å². The van der Waals surface area contributed by atoms with E-state index >= 15 is 0 Å². The Morgan fingerprint density at radius 2 is 2.22 bits per heavy atom. The fraction of sp³-hybridized carbons (Fsp3) is 0.533. The highest BCUT2D eigenvalue weighted by atomic mass is 16.4. The number of carbonyl (C=O) groups is 1. The summed E-state index contributed by atoms with van der Waals surface area (Å²) in [6.45, 7) is 2.29. The number of hydrogen-bond acceptors (Lipinski definition) is 2. The van der Waals surface area contributed by atoms with Crippen LogP contribution in [0.4, 0.5) is 5.69 Å². The molecule has 0 unspecified atom stereocenters. The molecule has 1 aromatic carbocycles. The van der Waals surface area contributed by atoms with Crippen molar-refractivity contribution in [3.05, 3.63) is 29.3 Å². The van der Waals surface area contributed by atoms with Gasteiger partial charge >= 0.3 is 5.97 Å². The third-order valence-corrected chi connectivity index (χ3v) is 4.19. The Kier molecular flexibility index (Phi) is 2.98. The predicted molar refractivity (Wildman–Crippen MR) is 71.0 cm³/mol. The van der Waals surface area contributed by atoms with Gasteiger partial charge in [0.1, 0.15) is 0 Å². The number of anilines is 1. The maximum Gasteiger partial charge on any atom is 0.307 e. The van der Waals surface area contributed by atoms with Crippen LogP contribution in [0.5, 0.6) is 0 Å². The molecule has 1 N–H and O–H groups in total. The summed E-state index contributed by atoms with van der Waals surface area (Å²) in [7, 11) is 0. The summed E-state index contributed by atoms with van der Waals surface area (Å²) < 4.78 is 0. The molecule has 1 fully saturated rings. The van der Waals surface area contributed by atoms with E-state index in [9.17, 15) is 4.79 Å². The van der Waals surface area contributed by atoms with E-state index < -0.39 is 5.97 Å². The van der Waals surface area contributed by atoms with Gasteiger partial charge in [0.2, 0.25) is 0 Å². The van der Waals surface area contributed by atoms with Crippen LogP contribution in [-0.2, 0) is 17.6 Å². The van der Waals surface area contributed by atoms with Crippen LogP contribution in [-0.4, -0.2) is 24.2 Å². The van der Waals surface area contributed by atoms with Crippen molar-refractivity contribution in [1.82, 2.24) is 0 Å². The molecule has 0 atom stereocenters. The lowest BCUT2D eigenvalue weighted by Gasteiger charge is -2.31. The SMILES string of the molecule is O=C(O)Cc1ccc2c(c1)CCN2CC1CCC1. The minimum atomic E-state index is -0.751. The molecule has 0 radical (unpaired) electrons. The third-order valence-electron chi connectivity index (χ3n) is 4.19. The Morgan fingerprint density at radius 3 is 2.89 bits per heavy atom. The maximum atomic E-state index is 10.7. The molecule has 2 aliphatic rings. The van der Waals surface area contributed by atoms with Crippen molar-refractivity contribution in [3.8, 4) is 0 Å². The largest absolute Gasteiger partial charge is 0.481 e. The summed E-state index contributed by atoms with van der Waals surface area (Å²) in [6, 6.07) is 6.15. The number of benzene rings is 1. The van der Waals surface area contributed by atoms with Crippen molar-refractivity contribution >= 4 is 11.7 Å². The number of aliphatic carboxylic acids is 1. The molecule has 3 heteroatoms. The average molecular weight is 245 g/mol. The first-order valence-electron chi connectivity index (χ1n) is 6.81. The Bertz CT molecular complexity index is 466. The molecular weight excluding hydrogens is 226 g/mol. The van der Waals surface area contributed by atoms with Crippen LogP contribution < -0.4 is 4.90 Å². The number of carboxylic acid groups (broad SMARTS) is 1. The highest BCUT2D eigenvalue weighted by Gasteiger charge is 2.25. The van der Waals surface area contributed by atoms with Gasteiger partial charge in [-0.25, -0.2) is 0 Å². The molecule has 0 amide bonds. The number of fused-ring (bicyclic) bond motifs is 1. The molecule has 0 saturated heterocycles. The van der Waals surface area contributed by atoms with Crippen LogP contribution in [0, 0.1) is 5.92 Å². The third kappa shape index (κ3) is 2.22. The van der Waals surface area contributed by atoms with Gasteiger partial charge in [0.05, 0.1) is 6.42 Å². The van der Waals surface area contributed by atoms with Crippen molar-refractivity contribution in [2.75, 3.05) is 18.0 Å². The van der Waals surface area contributed by atoms with Crippen molar-refractivity contribution in [3.63, 3.8) is 0 Å². The zero-order valence-electron chi connectivity index (χ0n) is 10.6. The monoisotopic (exact) mass is 245 g/mol. The summed E-state index contributed by atoms with van der Waals surface area (Å²) in [4.78, 5) is 13.2. The Morgan fingerprint density at radius 1 is 1.39 bits per heavy atom. The highest BCUT2D eigenvalue weighted by Crippen LogP contribution is 2.33. The molecule has 0 spiro atoms. The lowest BCUT2D eigenvalue weighted by Crippen LogP contribution is -2.31. The molecule has 1 heterocycles. The topological polar surface area (TPSA) is 40.5 Å². The fourth-order valence-electron chi connectivity index (χ4n) is 2.98. The van der Waals surface area contributed by atoms with E-state index in [4.69, 9.17) is 5.11 Å². The van der Waals surface area contributed by atoms with Gasteiger partial charge < -0.3 is 10.0 Å². The maximum absolute atomic E-state index is 10.7. The normalized spacial score (nSPS) is 18.6. The first-order valence-corrected chi connectivity index (χ1v) is 6.81. The second kappa shape index (κ2) is 4.63. The van der Waals surface area contributed by atoms with Crippen LogP contribution in [0.15, 0.2) is 18.2 Å². The summed E-state index contributed by atoms with van der Waals surface area (Å²) in [5, 5.41) is 8.82. The van der Waals surface area contributed by atoms with Gasteiger partial charge in [-0.05, 0) is 42.4 Å². The fourth-order valence-corrected chi connectivity index (χ4v) is 2.98. The second-order valence-electron chi connectivity index (χ2n) is 5.53. The molecule has 96 valence electrons. The predicted octanol–water partition coefficient (Wildman–Crippen LogP) is 2.48. The van der Waals surface area contributed by atoms with Crippen LogP contribution in [0.2, 0.25) is 0 Å². The molecule has 0 bridgehead atoms. The minimum Gasteiger partial charge on any atom is -0.481 e. The Hall–Kier alpha value is -1.51. The van der Waals surface area contributed by atoms with Crippen LogP contribution in [0.1, 0.15) is 30.4 Å². The van der Waals surface area contributed by atoms with E-state index in [0.717, 1.165) is 24.4 Å². The zero-order chi connectivity index (χ0) is 12.5. The van der Waals surface area contributed by atoms with Crippen LogP contribution in [0.25, 0.3) is 0 Å². The molecule has 0 aromatic heterocycles. The number of hydrogen-bond donors (Lipinski definition) is 1. The van der Waals surface area contributed by atoms with Crippen LogP contribution in [0.3, 0.4) is 0 Å². The first kappa shape index (κ1) is 11.6. The summed E-state index contributed by atoms with van der Waals surface area (Å²) >= 11 is 0. The van der Waals surface area contributed by atoms with Crippen molar-refractivity contribution in [1.29, 1.82) is 0 Å². The van der Waals surface area contributed by atoms with Gasteiger partial charge in [-0.1, -0.05) is 18.6 Å². The van der Waals surface area contributed by atoms with E-state index in [1.165, 1.54) is 37.1 Å². The number of nitrogens with zero attached hydrogens (tertiary/aromatic N) is 1.